The van der Waals surface area contributed by atoms with Crippen LogP contribution in [0.5, 0.6) is 0 Å². The molecule has 3 N–H and O–H groups in total. The first-order chi connectivity index (χ1) is 12.6. The Labute approximate surface area is 157 Å². The fourth-order valence-electron chi connectivity index (χ4n) is 3.11. The number of carbonyl (C=O) groups is 1. The van der Waals surface area contributed by atoms with E-state index in [2.05, 4.69) is 28.0 Å². The topological polar surface area (TPSA) is 86.9 Å². The van der Waals surface area contributed by atoms with Gasteiger partial charge in [0.05, 0.1) is 5.71 Å². The average Bonchev–Trinajstić information content (AvgIpc) is 2.99. The molecule has 0 saturated heterocycles. The number of aromatic carboxylic acids is 1. The summed E-state index contributed by atoms with van der Waals surface area (Å²) in [5.74, 6) is -0.370. The molecule has 26 heavy (non-hydrogen) atoms. The quantitative estimate of drug-likeness (QED) is 0.553. The van der Waals surface area contributed by atoms with Crippen LogP contribution in [0.1, 0.15) is 45.8 Å². The lowest BCUT2D eigenvalue weighted by molar-refractivity contribution is 0.0659. The largest absolute Gasteiger partial charge is 0.475 e. The molecular weight excluding hydrogens is 350 g/mol. The highest BCUT2D eigenvalue weighted by Gasteiger charge is 2.27. The van der Waals surface area contributed by atoms with Crippen LogP contribution in [-0.4, -0.2) is 28.4 Å². The van der Waals surface area contributed by atoms with Gasteiger partial charge in [-0.2, -0.15) is 5.10 Å². The number of nitrogens with zero attached hydrogens (tertiary/aromatic N) is 1. The summed E-state index contributed by atoms with van der Waals surface area (Å²) in [5, 5.41) is 17.2. The van der Waals surface area contributed by atoms with E-state index in [4.69, 9.17) is 16.6 Å². The maximum absolute atomic E-state index is 11.3. The monoisotopic (exact) mass is 371 g/mol. The van der Waals surface area contributed by atoms with Gasteiger partial charge in [0.25, 0.3) is 0 Å². The first kappa shape index (κ1) is 18.1. The summed E-state index contributed by atoms with van der Waals surface area (Å²) in [7, 11) is 0. The van der Waals surface area contributed by atoms with Crippen LogP contribution in [0.15, 0.2) is 39.9 Å². The minimum atomic E-state index is -1.05. The smallest absolute Gasteiger partial charge is 0.372 e. The molecule has 2 aromatic rings. The number of nitrogens with one attached hydrogen (secondary N) is 2. The lowest BCUT2D eigenvalue weighted by atomic mass is 9.93. The number of aryl methyl sites for hydroxylation is 1. The lowest BCUT2D eigenvalue weighted by Crippen LogP contribution is -2.34. The van der Waals surface area contributed by atoms with Crippen molar-refractivity contribution in [1.29, 1.82) is 0 Å². The molecule has 1 aliphatic rings. The third-order valence-corrected chi connectivity index (χ3v) is 4.59. The van der Waals surface area contributed by atoms with E-state index in [1.807, 2.05) is 18.2 Å². The Morgan fingerprint density at radius 2 is 2.08 bits per heavy atom. The van der Waals surface area contributed by atoms with Gasteiger partial charge >= 0.3 is 5.97 Å². The van der Waals surface area contributed by atoms with Crippen LogP contribution in [0.25, 0.3) is 0 Å². The summed E-state index contributed by atoms with van der Waals surface area (Å²) >= 11 is 5.27. The molecule has 7 heteroatoms. The summed E-state index contributed by atoms with van der Waals surface area (Å²) in [6.07, 6.45) is 3.22. The van der Waals surface area contributed by atoms with E-state index < -0.39 is 5.97 Å². The van der Waals surface area contributed by atoms with Crippen molar-refractivity contribution in [2.75, 3.05) is 6.54 Å². The standard InChI is InChI=1S/C19H21N3O3S/c1-12-16-14(8-5-9-15(16)25-17(12)18(23)24)21-22-19(26)20-11-10-13-6-3-2-4-7-13/h2-4,6-7H,5,8-11H2,1H3,(H,23,24)(H2,20,22,26). The summed E-state index contributed by atoms with van der Waals surface area (Å²) in [5.41, 5.74) is 6.31. The number of carboxylic acid groups (broad SMARTS) is 1. The van der Waals surface area contributed by atoms with E-state index in [1.165, 1.54) is 5.56 Å². The zero-order valence-electron chi connectivity index (χ0n) is 14.5. The van der Waals surface area contributed by atoms with E-state index in [1.54, 1.807) is 6.92 Å². The van der Waals surface area contributed by atoms with Crippen molar-refractivity contribution < 1.29 is 14.3 Å². The molecule has 1 aliphatic carbocycles. The predicted octanol–water partition coefficient (Wildman–Crippen LogP) is 3.03. The third kappa shape index (κ3) is 4.11. The third-order valence-electron chi connectivity index (χ3n) is 4.35. The van der Waals surface area contributed by atoms with Gasteiger partial charge in [-0.1, -0.05) is 30.3 Å². The molecule has 1 aromatic carbocycles. The van der Waals surface area contributed by atoms with Crippen LogP contribution < -0.4 is 10.7 Å². The minimum Gasteiger partial charge on any atom is -0.475 e. The Hall–Kier alpha value is -2.67. The van der Waals surface area contributed by atoms with Gasteiger partial charge in [-0.3, -0.25) is 5.43 Å². The highest BCUT2D eigenvalue weighted by atomic mass is 32.1. The summed E-state index contributed by atoms with van der Waals surface area (Å²) in [4.78, 5) is 11.3. The molecule has 0 aliphatic heterocycles. The lowest BCUT2D eigenvalue weighted by Gasteiger charge is -2.14. The normalized spacial score (nSPS) is 14.7. The van der Waals surface area contributed by atoms with Crippen LogP contribution in [0.2, 0.25) is 0 Å². The molecular formula is C19H21N3O3S. The van der Waals surface area contributed by atoms with Crippen LogP contribution >= 0.6 is 12.2 Å². The van der Waals surface area contributed by atoms with Crippen LogP contribution in [0.3, 0.4) is 0 Å². The van der Waals surface area contributed by atoms with E-state index in [9.17, 15) is 9.90 Å². The van der Waals surface area contributed by atoms with Crippen molar-refractivity contribution in [2.45, 2.75) is 32.6 Å². The van der Waals surface area contributed by atoms with Crippen LogP contribution in [0.4, 0.5) is 0 Å². The molecule has 0 saturated carbocycles. The molecule has 0 spiro atoms. The van der Waals surface area contributed by atoms with Gasteiger partial charge in [-0.05, 0) is 44.0 Å². The van der Waals surface area contributed by atoms with Crippen LogP contribution in [0, 0.1) is 6.92 Å². The summed E-state index contributed by atoms with van der Waals surface area (Å²) < 4.78 is 5.49. The first-order valence-electron chi connectivity index (χ1n) is 8.56. The van der Waals surface area contributed by atoms with Crippen molar-refractivity contribution in [3.05, 3.63) is 58.5 Å². The van der Waals surface area contributed by atoms with E-state index in [0.717, 1.165) is 37.0 Å². The summed E-state index contributed by atoms with van der Waals surface area (Å²) in [6.45, 7) is 2.46. The number of hydrazone groups is 1. The minimum absolute atomic E-state index is 0.00633. The van der Waals surface area contributed by atoms with Crippen molar-refractivity contribution >= 4 is 29.0 Å². The Kier molecular flexibility index (Phi) is 5.68. The van der Waals surface area contributed by atoms with Gasteiger partial charge in [-0.15, -0.1) is 0 Å². The molecule has 6 nitrogen and oxygen atoms in total. The average molecular weight is 371 g/mol. The SMILES string of the molecule is Cc1c(C(=O)O)oc2c1C(=NNC(=S)NCCc1ccccc1)CCC2. The van der Waals surface area contributed by atoms with E-state index in [0.29, 0.717) is 23.0 Å². The van der Waals surface area contributed by atoms with E-state index >= 15 is 0 Å². The Morgan fingerprint density at radius 3 is 2.81 bits per heavy atom. The van der Waals surface area contributed by atoms with Gasteiger partial charge in [0.2, 0.25) is 5.76 Å². The second-order valence-electron chi connectivity index (χ2n) is 6.17. The molecule has 0 radical (unpaired) electrons. The number of furan rings is 1. The second kappa shape index (κ2) is 8.14. The molecule has 1 heterocycles. The number of thiocarbonyl (C=S) groups is 1. The second-order valence-corrected chi connectivity index (χ2v) is 6.58. The van der Waals surface area contributed by atoms with Gasteiger partial charge in [0.15, 0.2) is 5.11 Å². The van der Waals surface area contributed by atoms with Crippen molar-refractivity contribution in [3.63, 3.8) is 0 Å². The molecule has 0 amide bonds. The van der Waals surface area contributed by atoms with E-state index in [-0.39, 0.29) is 5.76 Å². The van der Waals surface area contributed by atoms with Crippen LogP contribution in [-0.2, 0) is 12.8 Å². The Bertz CT molecular complexity index is 843. The molecule has 0 unspecified atom stereocenters. The molecule has 1 aromatic heterocycles. The highest BCUT2D eigenvalue weighted by molar-refractivity contribution is 7.80. The predicted molar refractivity (Wildman–Crippen MR) is 104 cm³/mol. The number of fused-ring (bicyclic) bond motifs is 1. The zero-order chi connectivity index (χ0) is 18.5. The molecule has 0 fully saturated rings. The van der Waals surface area contributed by atoms with Crippen molar-refractivity contribution in [1.82, 2.24) is 10.7 Å². The molecule has 3 rings (SSSR count). The van der Waals surface area contributed by atoms with Gasteiger partial charge in [0.1, 0.15) is 5.76 Å². The van der Waals surface area contributed by atoms with Gasteiger partial charge in [0, 0.05) is 24.1 Å². The maximum Gasteiger partial charge on any atom is 0.372 e. The number of hydrogen-bond donors (Lipinski definition) is 3. The molecule has 136 valence electrons. The van der Waals surface area contributed by atoms with Crippen molar-refractivity contribution in [3.8, 4) is 0 Å². The number of benzene rings is 1. The molecule has 0 atom stereocenters. The number of rotatable bonds is 5. The number of carboxylic acids is 1. The Balaban J connectivity index is 1.61. The highest BCUT2D eigenvalue weighted by Crippen LogP contribution is 2.29. The van der Waals surface area contributed by atoms with Crippen molar-refractivity contribution in [2.24, 2.45) is 5.10 Å². The fraction of sp³-hybridized carbons (Fsp3) is 0.316. The first-order valence-corrected chi connectivity index (χ1v) is 8.97. The summed E-state index contributed by atoms with van der Waals surface area (Å²) in [6, 6.07) is 10.2. The fourth-order valence-corrected chi connectivity index (χ4v) is 3.25. The Morgan fingerprint density at radius 1 is 1.31 bits per heavy atom. The maximum atomic E-state index is 11.3. The molecule has 0 bridgehead atoms. The van der Waals surface area contributed by atoms with Gasteiger partial charge in [-0.25, -0.2) is 4.79 Å². The van der Waals surface area contributed by atoms with Gasteiger partial charge < -0.3 is 14.8 Å². The number of hydrogen-bond acceptors (Lipinski definition) is 4. The zero-order valence-corrected chi connectivity index (χ0v) is 15.4.